The molecule has 1 amide bonds. The summed E-state index contributed by atoms with van der Waals surface area (Å²) < 4.78 is 5.91. The number of hydrogen-bond acceptors (Lipinski definition) is 5. The molecule has 0 aliphatic heterocycles. The molecule has 0 aromatic carbocycles. The van der Waals surface area contributed by atoms with Gasteiger partial charge in [-0.2, -0.15) is 0 Å². The molecule has 6 nitrogen and oxygen atoms in total. The van der Waals surface area contributed by atoms with E-state index in [1.54, 1.807) is 0 Å². The summed E-state index contributed by atoms with van der Waals surface area (Å²) in [5, 5.41) is 23.7. The molecule has 3 N–H and O–H groups in total. The summed E-state index contributed by atoms with van der Waals surface area (Å²) in [6, 6.07) is -0.719. The van der Waals surface area contributed by atoms with Crippen LogP contribution in [0.3, 0.4) is 0 Å². The standard InChI is InChI=1S/C55H93NO5/c1-4-7-10-13-16-19-22-24-26-27-28-29-31-33-36-39-42-45-48-55(60)61-51(46-43-40-37-34-32-30-25-23-20-17-14-11-8-5-2)49-54(59)56-52(50-57)53(58)47-44-41-38-35-21-18-15-12-9-6-3/h8,10-11,13,16-17,19-20,22,24-30,51-53,57-58H,4-7,9,12,14-15,18,21,23,31-50H2,1-3H3,(H,56,59)/b11-8+,13-10+,19-16+,20-17+,24-22+,27-26+,29-28+,30-25+. The third-order valence-corrected chi connectivity index (χ3v) is 10.8. The number of esters is 1. The fourth-order valence-electron chi connectivity index (χ4n) is 7.00. The number of amides is 1. The highest BCUT2D eigenvalue weighted by Gasteiger charge is 2.24. The van der Waals surface area contributed by atoms with Crippen molar-refractivity contribution in [1.82, 2.24) is 5.32 Å². The number of carbonyl (C=O) groups excluding carboxylic acids is 2. The molecule has 0 fully saturated rings. The molecule has 0 bridgehead atoms. The Morgan fingerprint density at radius 3 is 1.56 bits per heavy atom. The number of aliphatic hydroxyl groups is 2. The number of ether oxygens (including phenoxy) is 1. The van der Waals surface area contributed by atoms with Gasteiger partial charge in [-0.05, 0) is 77.0 Å². The Hall–Kier alpha value is -3.22. The van der Waals surface area contributed by atoms with Crippen molar-refractivity contribution in [2.45, 2.75) is 232 Å². The molecule has 0 aromatic rings. The quantitative estimate of drug-likeness (QED) is 0.0246. The van der Waals surface area contributed by atoms with Gasteiger partial charge in [-0.1, -0.05) is 221 Å². The van der Waals surface area contributed by atoms with Gasteiger partial charge in [0, 0.05) is 6.42 Å². The van der Waals surface area contributed by atoms with Crippen molar-refractivity contribution in [3.63, 3.8) is 0 Å². The van der Waals surface area contributed by atoms with Gasteiger partial charge in [-0.25, -0.2) is 0 Å². The van der Waals surface area contributed by atoms with Gasteiger partial charge in [0.15, 0.2) is 0 Å². The second-order valence-corrected chi connectivity index (χ2v) is 16.6. The fourth-order valence-corrected chi connectivity index (χ4v) is 7.00. The van der Waals surface area contributed by atoms with Crippen molar-refractivity contribution in [3.8, 4) is 0 Å². The van der Waals surface area contributed by atoms with E-state index in [0.29, 0.717) is 19.3 Å². The summed E-state index contributed by atoms with van der Waals surface area (Å²) in [6.07, 6.45) is 63.1. The molecule has 348 valence electrons. The SMILES string of the molecule is CC/C=C/C/C=C/C/C=C/CCCCCCC(CC(=O)NC(CO)C(O)CCCCCCCCCCCC)OC(=O)CCCCCCC/C=C/C=C/C=C/C=C/C=C/CCC. The maximum absolute atomic E-state index is 13.2. The highest BCUT2D eigenvalue weighted by Crippen LogP contribution is 2.17. The zero-order chi connectivity index (χ0) is 44.5. The zero-order valence-electron chi connectivity index (χ0n) is 39.5. The molecule has 0 rings (SSSR count). The first-order valence-electron chi connectivity index (χ1n) is 25.0. The van der Waals surface area contributed by atoms with E-state index in [9.17, 15) is 19.8 Å². The van der Waals surface area contributed by atoms with Crippen LogP contribution in [0, 0.1) is 0 Å². The van der Waals surface area contributed by atoms with E-state index in [0.717, 1.165) is 116 Å². The third-order valence-electron chi connectivity index (χ3n) is 10.8. The van der Waals surface area contributed by atoms with Crippen LogP contribution in [-0.2, 0) is 14.3 Å². The lowest BCUT2D eigenvalue weighted by Gasteiger charge is -2.24. The van der Waals surface area contributed by atoms with Gasteiger partial charge in [0.25, 0.3) is 0 Å². The molecular formula is C55H93NO5. The van der Waals surface area contributed by atoms with E-state index < -0.39 is 18.2 Å². The van der Waals surface area contributed by atoms with Crippen molar-refractivity contribution in [2.24, 2.45) is 0 Å². The van der Waals surface area contributed by atoms with Gasteiger partial charge >= 0.3 is 5.97 Å². The number of nitrogens with one attached hydrogen (secondary N) is 1. The van der Waals surface area contributed by atoms with Crippen molar-refractivity contribution in [3.05, 3.63) is 97.2 Å². The number of unbranched alkanes of at least 4 members (excludes halogenated alkanes) is 19. The number of allylic oxidation sites excluding steroid dienone is 16. The molecule has 6 heteroatoms. The van der Waals surface area contributed by atoms with E-state index >= 15 is 0 Å². The van der Waals surface area contributed by atoms with Gasteiger partial charge in [-0.15, -0.1) is 0 Å². The first-order chi connectivity index (χ1) is 30.0. The summed E-state index contributed by atoms with van der Waals surface area (Å²) in [5.74, 6) is -0.533. The van der Waals surface area contributed by atoms with Gasteiger partial charge < -0.3 is 20.3 Å². The summed E-state index contributed by atoms with van der Waals surface area (Å²) in [6.45, 7) is 6.25. The molecular weight excluding hydrogens is 755 g/mol. The highest BCUT2D eigenvalue weighted by molar-refractivity contribution is 5.77. The first-order valence-corrected chi connectivity index (χ1v) is 25.0. The predicted molar refractivity (Wildman–Crippen MR) is 264 cm³/mol. The maximum Gasteiger partial charge on any atom is 0.306 e. The lowest BCUT2D eigenvalue weighted by atomic mass is 10.0. The summed E-state index contributed by atoms with van der Waals surface area (Å²) in [4.78, 5) is 26.1. The number of carbonyl (C=O) groups is 2. The Morgan fingerprint density at radius 2 is 0.984 bits per heavy atom. The second kappa shape index (κ2) is 47.8. The second-order valence-electron chi connectivity index (χ2n) is 16.6. The summed E-state index contributed by atoms with van der Waals surface area (Å²) in [5.41, 5.74) is 0. The van der Waals surface area contributed by atoms with Crippen LogP contribution in [0.25, 0.3) is 0 Å². The Kier molecular flexibility index (Phi) is 45.3. The molecule has 0 radical (unpaired) electrons. The van der Waals surface area contributed by atoms with Crippen molar-refractivity contribution < 1.29 is 24.5 Å². The first kappa shape index (κ1) is 57.8. The summed E-state index contributed by atoms with van der Waals surface area (Å²) >= 11 is 0. The van der Waals surface area contributed by atoms with Gasteiger partial charge in [-0.3, -0.25) is 9.59 Å². The zero-order valence-corrected chi connectivity index (χ0v) is 39.5. The summed E-state index contributed by atoms with van der Waals surface area (Å²) in [7, 11) is 0. The monoisotopic (exact) mass is 848 g/mol. The normalized spacial score (nSPS) is 14.1. The van der Waals surface area contributed by atoms with Crippen LogP contribution in [0.2, 0.25) is 0 Å². The molecule has 3 unspecified atom stereocenters. The molecule has 0 heterocycles. The van der Waals surface area contributed by atoms with Gasteiger partial charge in [0.05, 0.1) is 25.2 Å². The van der Waals surface area contributed by atoms with Gasteiger partial charge in [0.2, 0.25) is 5.91 Å². The predicted octanol–water partition coefficient (Wildman–Crippen LogP) is 14.9. The molecule has 0 spiro atoms. The number of hydrogen-bond donors (Lipinski definition) is 3. The van der Waals surface area contributed by atoms with E-state index in [-0.39, 0.29) is 24.9 Å². The Balaban J connectivity index is 4.70. The molecule has 0 aliphatic carbocycles. The van der Waals surface area contributed by atoms with Crippen LogP contribution in [0.5, 0.6) is 0 Å². The minimum absolute atomic E-state index is 0.0461. The molecule has 0 saturated carbocycles. The minimum atomic E-state index is -0.803. The van der Waals surface area contributed by atoms with Crippen LogP contribution >= 0.6 is 0 Å². The lowest BCUT2D eigenvalue weighted by molar-refractivity contribution is -0.151. The molecule has 3 atom stereocenters. The van der Waals surface area contributed by atoms with Crippen LogP contribution in [0.15, 0.2) is 97.2 Å². The van der Waals surface area contributed by atoms with E-state index in [1.165, 1.54) is 51.4 Å². The number of aliphatic hydroxyl groups excluding tert-OH is 2. The minimum Gasteiger partial charge on any atom is -0.462 e. The Bertz CT molecular complexity index is 1220. The van der Waals surface area contributed by atoms with Crippen LogP contribution in [0.1, 0.15) is 213 Å². The topological polar surface area (TPSA) is 95.9 Å². The average Bonchev–Trinajstić information content (AvgIpc) is 3.25. The van der Waals surface area contributed by atoms with Crippen LogP contribution < -0.4 is 5.32 Å². The van der Waals surface area contributed by atoms with Gasteiger partial charge in [0.1, 0.15) is 6.10 Å². The molecule has 61 heavy (non-hydrogen) atoms. The van der Waals surface area contributed by atoms with Crippen LogP contribution in [0.4, 0.5) is 0 Å². The largest absolute Gasteiger partial charge is 0.462 e. The Labute approximate surface area is 376 Å². The molecule has 0 aliphatic rings. The van der Waals surface area contributed by atoms with E-state index in [4.69, 9.17) is 4.74 Å². The van der Waals surface area contributed by atoms with E-state index in [1.807, 2.05) is 24.3 Å². The van der Waals surface area contributed by atoms with Crippen molar-refractivity contribution in [2.75, 3.05) is 6.61 Å². The van der Waals surface area contributed by atoms with E-state index in [2.05, 4.69) is 99.0 Å². The van der Waals surface area contributed by atoms with Crippen LogP contribution in [-0.4, -0.2) is 46.9 Å². The highest BCUT2D eigenvalue weighted by atomic mass is 16.5. The average molecular weight is 848 g/mol. The molecule has 0 aromatic heterocycles. The third kappa shape index (κ3) is 43.2. The smallest absolute Gasteiger partial charge is 0.306 e. The molecule has 0 saturated heterocycles. The number of rotatable bonds is 43. The fraction of sp³-hybridized carbons (Fsp3) is 0.673. The maximum atomic E-state index is 13.2. The van der Waals surface area contributed by atoms with Crippen molar-refractivity contribution in [1.29, 1.82) is 0 Å². The Morgan fingerprint density at radius 1 is 0.508 bits per heavy atom. The van der Waals surface area contributed by atoms with Crippen molar-refractivity contribution >= 4 is 11.9 Å². The lowest BCUT2D eigenvalue weighted by Crippen LogP contribution is -2.46.